The van der Waals surface area contributed by atoms with Crippen molar-refractivity contribution in [3.8, 4) is 17.4 Å². The molecule has 3 heterocycles. The molecular weight excluding hydrogens is 414 g/mol. The monoisotopic (exact) mass is 439 g/mol. The molecule has 0 aliphatic carbocycles. The molecule has 1 amide bonds. The topological polar surface area (TPSA) is 116 Å². The molecule has 0 spiro atoms. The molecule has 10 heteroatoms. The van der Waals surface area contributed by atoms with Crippen LogP contribution in [0.25, 0.3) is 17.0 Å². The summed E-state index contributed by atoms with van der Waals surface area (Å²) in [6, 6.07) is 6.99. The van der Waals surface area contributed by atoms with Crippen molar-refractivity contribution in [1.82, 2.24) is 14.9 Å². The van der Waals surface area contributed by atoms with Gasteiger partial charge in [-0.1, -0.05) is 0 Å². The van der Waals surface area contributed by atoms with Gasteiger partial charge in [0.25, 0.3) is 5.95 Å². The first-order chi connectivity index (χ1) is 15.5. The highest BCUT2D eigenvalue weighted by molar-refractivity contribution is 5.92. The summed E-state index contributed by atoms with van der Waals surface area (Å²) in [7, 11) is 4.66. The molecule has 4 rings (SSSR count). The van der Waals surface area contributed by atoms with E-state index >= 15 is 0 Å². The minimum Gasteiger partial charge on any atom is -0.493 e. The number of benzene rings is 1. The van der Waals surface area contributed by atoms with Crippen LogP contribution >= 0.6 is 0 Å². The Labute approximate surface area is 185 Å². The Bertz CT molecular complexity index is 1150. The van der Waals surface area contributed by atoms with Gasteiger partial charge in [0.15, 0.2) is 11.5 Å². The fourth-order valence-electron chi connectivity index (χ4n) is 3.53. The molecule has 1 saturated heterocycles. The molecule has 0 radical (unpaired) electrons. The van der Waals surface area contributed by atoms with Gasteiger partial charge >= 0.3 is 0 Å². The minimum absolute atomic E-state index is 0.0872. The highest BCUT2D eigenvalue weighted by atomic mass is 16.6. The van der Waals surface area contributed by atoms with Crippen molar-refractivity contribution in [2.45, 2.75) is 0 Å². The molecule has 0 atom stereocenters. The molecule has 3 aromatic rings. The third-order valence-corrected chi connectivity index (χ3v) is 5.29. The Morgan fingerprint density at radius 3 is 2.41 bits per heavy atom. The number of hydrogen-bond donors (Lipinski definition) is 1. The molecule has 1 aliphatic heterocycles. The van der Waals surface area contributed by atoms with Crippen LogP contribution in [0.5, 0.6) is 17.4 Å². The molecule has 2 N–H and O–H groups in total. The zero-order valence-corrected chi connectivity index (χ0v) is 18.2. The lowest BCUT2D eigenvalue weighted by Crippen LogP contribution is -2.48. The molecule has 2 aromatic heterocycles. The van der Waals surface area contributed by atoms with Gasteiger partial charge in [-0.15, -0.1) is 0 Å². The molecule has 0 saturated carbocycles. The van der Waals surface area contributed by atoms with Gasteiger partial charge in [0.05, 0.1) is 26.8 Å². The van der Waals surface area contributed by atoms with E-state index < -0.39 is 0 Å². The SMILES string of the molecule is COc1ccc(C=CC(=O)N2CCN(c3nc(N)c4cc(OC)c(OC)cc4n3)CC2)o1. The molecular formula is C22H25N5O5. The van der Waals surface area contributed by atoms with E-state index in [-0.39, 0.29) is 5.91 Å². The molecule has 0 unspecified atom stereocenters. The van der Waals surface area contributed by atoms with E-state index in [0.29, 0.717) is 72.1 Å². The van der Waals surface area contributed by atoms with Crippen LogP contribution < -0.4 is 24.8 Å². The predicted octanol–water partition coefficient (Wildman–Crippen LogP) is 2.19. The number of fused-ring (bicyclic) bond motifs is 1. The first kappa shape index (κ1) is 21.3. The lowest BCUT2D eigenvalue weighted by molar-refractivity contribution is -0.126. The number of nitrogen functional groups attached to an aromatic ring is 1. The quantitative estimate of drug-likeness (QED) is 0.577. The summed E-state index contributed by atoms with van der Waals surface area (Å²) in [4.78, 5) is 25.4. The molecule has 10 nitrogen and oxygen atoms in total. The van der Waals surface area contributed by atoms with Crippen LogP contribution in [-0.4, -0.2) is 68.3 Å². The van der Waals surface area contributed by atoms with Crippen molar-refractivity contribution in [3.05, 3.63) is 36.1 Å². The number of amides is 1. The van der Waals surface area contributed by atoms with E-state index in [0.717, 1.165) is 0 Å². The predicted molar refractivity (Wildman–Crippen MR) is 120 cm³/mol. The number of rotatable bonds is 6. The number of methoxy groups -OCH3 is 3. The fraction of sp³-hybridized carbons (Fsp3) is 0.318. The van der Waals surface area contributed by atoms with E-state index in [9.17, 15) is 4.79 Å². The number of nitrogens with zero attached hydrogens (tertiary/aromatic N) is 4. The van der Waals surface area contributed by atoms with E-state index in [1.807, 2.05) is 4.90 Å². The van der Waals surface area contributed by atoms with E-state index in [2.05, 4.69) is 9.97 Å². The van der Waals surface area contributed by atoms with Gasteiger partial charge in [-0.25, -0.2) is 4.98 Å². The highest BCUT2D eigenvalue weighted by Gasteiger charge is 2.23. The Morgan fingerprint density at radius 2 is 1.75 bits per heavy atom. The number of carbonyl (C=O) groups is 1. The Morgan fingerprint density at radius 1 is 1.03 bits per heavy atom. The van der Waals surface area contributed by atoms with Crippen LogP contribution in [0.3, 0.4) is 0 Å². The van der Waals surface area contributed by atoms with Crippen molar-refractivity contribution in [2.75, 3.05) is 58.1 Å². The van der Waals surface area contributed by atoms with Crippen LogP contribution in [0.1, 0.15) is 5.76 Å². The Kier molecular flexibility index (Phi) is 6.02. The van der Waals surface area contributed by atoms with Crippen molar-refractivity contribution in [1.29, 1.82) is 0 Å². The fourth-order valence-corrected chi connectivity index (χ4v) is 3.53. The second-order valence-corrected chi connectivity index (χ2v) is 7.14. The number of nitrogens with two attached hydrogens (primary N) is 1. The molecule has 1 aliphatic rings. The maximum absolute atomic E-state index is 12.5. The first-order valence-corrected chi connectivity index (χ1v) is 10.1. The standard InChI is InChI=1S/C22H25N5O5/c1-29-17-12-15-16(13-18(17)30-2)24-22(25-21(15)23)27-10-8-26(9-11-27)19(28)6-4-14-5-7-20(31-3)32-14/h4-7,12-13H,8-11H2,1-3H3,(H2,23,24,25). The van der Waals surface area contributed by atoms with Gasteiger partial charge in [0.1, 0.15) is 11.6 Å². The maximum Gasteiger partial charge on any atom is 0.284 e. The van der Waals surface area contributed by atoms with Crippen molar-refractivity contribution < 1.29 is 23.4 Å². The van der Waals surface area contributed by atoms with Crippen molar-refractivity contribution >= 4 is 34.7 Å². The zero-order chi connectivity index (χ0) is 22.7. The lowest BCUT2D eigenvalue weighted by Gasteiger charge is -2.34. The Balaban J connectivity index is 1.44. The van der Waals surface area contributed by atoms with Gasteiger partial charge in [0.2, 0.25) is 11.9 Å². The largest absolute Gasteiger partial charge is 0.493 e. The zero-order valence-electron chi connectivity index (χ0n) is 18.2. The van der Waals surface area contributed by atoms with E-state index in [1.165, 1.54) is 13.2 Å². The summed E-state index contributed by atoms with van der Waals surface area (Å²) in [5, 5.41) is 0.694. The third-order valence-electron chi connectivity index (χ3n) is 5.29. The molecule has 1 fully saturated rings. The number of aromatic nitrogens is 2. The number of anilines is 2. The minimum atomic E-state index is -0.0872. The highest BCUT2D eigenvalue weighted by Crippen LogP contribution is 2.34. The summed E-state index contributed by atoms with van der Waals surface area (Å²) in [5.41, 5.74) is 6.86. The second-order valence-electron chi connectivity index (χ2n) is 7.14. The number of furan rings is 1. The van der Waals surface area contributed by atoms with E-state index in [1.54, 1.807) is 49.5 Å². The summed E-state index contributed by atoms with van der Waals surface area (Å²) < 4.78 is 21.1. The number of carbonyl (C=O) groups excluding carboxylic acids is 1. The molecule has 1 aromatic carbocycles. The van der Waals surface area contributed by atoms with Crippen molar-refractivity contribution in [2.24, 2.45) is 0 Å². The smallest absolute Gasteiger partial charge is 0.284 e. The van der Waals surface area contributed by atoms with Crippen LogP contribution in [0, 0.1) is 0 Å². The molecule has 32 heavy (non-hydrogen) atoms. The van der Waals surface area contributed by atoms with Gasteiger partial charge in [0, 0.05) is 49.8 Å². The summed E-state index contributed by atoms with van der Waals surface area (Å²) in [6.45, 7) is 2.26. The Hall–Kier alpha value is -3.95. The van der Waals surface area contributed by atoms with Gasteiger partial charge in [-0.3, -0.25) is 4.79 Å². The summed E-state index contributed by atoms with van der Waals surface area (Å²) in [6.07, 6.45) is 3.13. The van der Waals surface area contributed by atoms with Crippen LogP contribution in [0.15, 0.2) is 34.8 Å². The van der Waals surface area contributed by atoms with Crippen LogP contribution in [0.4, 0.5) is 11.8 Å². The van der Waals surface area contributed by atoms with Crippen molar-refractivity contribution in [3.63, 3.8) is 0 Å². The van der Waals surface area contributed by atoms with Gasteiger partial charge < -0.3 is 34.2 Å². The second kappa shape index (κ2) is 9.04. The lowest BCUT2D eigenvalue weighted by atomic mass is 10.2. The summed E-state index contributed by atoms with van der Waals surface area (Å²) >= 11 is 0. The molecule has 0 bridgehead atoms. The summed E-state index contributed by atoms with van der Waals surface area (Å²) in [5.74, 6) is 2.89. The van der Waals surface area contributed by atoms with Gasteiger partial charge in [-0.2, -0.15) is 4.98 Å². The van der Waals surface area contributed by atoms with E-state index in [4.69, 9.17) is 24.4 Å². The normalized spacial score (nSPS) is 14.2. The van der Waals surface area contributed by atoms with Crippen LogP contribution in [-0.2, 0) is 4.79 Å². The number of hydrogen-bond acceptors (Lipinski definition) is 9. The van der Waals surface area contributed by atoms with Crippen LogP contribution in [0.2, 0.25) is 0 Å². The number of ether oxygens (including phenoxy) is 3. The first-order valence-electron chi connectivity index (χ1n) is 10.1. The maximum atomic E-state index is 12.5. The van der Waals surface area contributed by atoms with Gasteiger partial charge in [-0.05, 0) is 18.2 Å². The third kappa shape index (κ3) is 4.25. The molecule has 168 valence electrons. The average Bonchev–Trinajstić information content (AvgIpc) is 3.30. The number of piperazine rings is 1. The average molecular weight is 439 g/mol.